The van der Waals surface area contributed by atoms with Crippen molar-refractivity contribution in [3.63, 3.8) is 0 Å². The van der Waals surface area contributed by atoms with Crippen molar-refractivity contribution in [2.45, 2.75) is 11.7 Å². The number of aromatic nitrogens is 3. The number of nitro benzene ring substituents is 1. The van der Waals surface area contributed by atoms with Crippen molar-refractivity contribution in [3.05, 3.63) is 79.6 Å². The molecule has 0 atom stereocenters. The number of Topliss-reactive ketones (excluding diaryl/α,β-unsaturated/α-hetero) is 1. The molecule has 31 heavy (non-hydrogen) atoms. The highest BCUT2D eigenvalue weighted by Crippen LogP contribution is 2.23. The molecular weight excluding hydrogens is 465 g/mol. The average Bonchev–Trinajstić information content (AvgIpc) is 3.11. The highest BCUT2D eigenvalue weighted by atomic mass is 35.5. The van der Waals surface area contributed by atoms with Crippen molar-refractivity contribution in [1.29, 1.82) is 0 Å². The first-order valence-electron chi connectivity index (χ1n) is 8.78. The molecule has 0 radical (unpaired) electrons. The summed E-state index contributed by atoms with van der Waals surface area (Å²) in [5, 5.41) is 22.7. The monoisotopic (exact) mass is 479 g/mol. The number of benzene rings is 2. The zero-order chi connectivity index (χ0) is 22.5. The molecule has 160 valence electrons. The number of carbonyl (C=O) groups excluding carboxylic acids is 2. The molecule has 0 saturated heterocycles. The Labute approximate surface area is 190 Å². The number of non-ortho nitro benzene ring substituents is 1. The van der Waals surface area contributed by atoms with E-state index in [2.05, 4.69) is 15.5 Å². The lowest BCUT2D eigenvalue weighted by Crippen LogP contribution is -2.24. The van der Waals surface area contributed by atoms with Crippen LogP contribution in [0.2, 0.25) is 10.0 Å². The van der Waals surface area contributed by atoms with Gasteiger partial charge in [0.05, 0.1) is 27.3 Å². The molecule has 0 aliphatic rings. The summed E-state index contributed by atoms with van der Waals surface area (Å²) in [6.07, 6.45) is 0. The Morgan fingerprint density at radius 2 is 1.90 bits per heavy atom. The van der Waals surface area contributed by atoms with Gasteiger partial charge in [0.25, 0.3) is 11.6 Å². The van der Waals surface area contributed by atoms with E-state index in [0.29, 0.717) is 21.6 Å². The quantitative estimate of drug-likeness (QED) is 0.224. The first-order valence-corrected chi connectivity index (χ1v) is 10.5. The molecule has 0 spiro atoms. The van der Waals surface area contributed by atoms with Gasteiger partial charge >= 0.3 is 0 Å². The first kappa shape index (κ1) is 22.7. The molecule has 0 fully saturated rings. The van der Waals surface area contributed by atoms with E-state index in [-0.39, 0.29) is 40.3 Å². The second-order valence-corrected chi connectivity index (χ2v) is 8.05. The van der Waals surface area contributed by atoms with Crippen LogP contribution in [0.4, 0.5) is 5.69 Å². The summed E-state index contributed by atoms with van der Waals surface area (Å²) in [4.78, 5) is 34.9. The Bertz CT molecular complexity index is 1170. The van der Waals surface area contributed by atoms with Gasteiger partial charge in [-0.1, -0.05) is 47.1 Å². The van der Waals surface area contributed by atoms with E-state index in [1.807, 2.05) is 0 Å². The number of nitrogens with zero attached hydrogens (tertiary/aromatic N) is 4. The fraction of sp³-hybridized carbons (Fsp3) is 0.158. The molecule has 0 unspecified atom stereocenters. The van der Waals surface area contributed by atoms with Crippen molar-refractivity contribution in [3.8, 4) is 0 Å². The van der Waals surface area contributed by atoms with Crippen LogP contribution in [0.25, 0.3) is 0 Å². The average molecular weight is 480 g/mol. The maximum atomic E-state index is 12.4. The molecule has 12 heteroatoms. The standard InChI is InChI=1S/C19H15Cl2N5O4S/c1-25-17(9-22-18(28)12-5-6-14(20)15(21)8-12)23-24-19(25)31-10-16(27)11-3-2-4-13(7-11)26(29)30/h2-8H,9-10H2,1H3,(H,22,28). The van der Waals surface area contributed by atoms with Gasteiger partial charge < -0.3 is 9.88 Å². The molecule has 3 rings (SSSR count). The summed E-state index contributed by atoms with van der Waals surface area (Å²) in [7, 11) is 1.71. The van der Waals surface area contributed by atoms with E-state index < -0.39 is 4.92 Å². The zero-order valence-electron chi connectivity index (χ0n) is 16.0. The van der Waals surface area contributed by atoms with Gasteiger partial charge in [0.2, 0.25) is 0 Å². The Kier molecular flexibility index (Phi) is 7.26. The van der Waals surface area contributed by atoms with Gasteiger partial charge in [0.1, 0.15) is 0 Å². The van der Waals surface area contributed by atoms with Crippen LogP contribution in [-0.2, 0) is 13.6 Å². The van der Waals surface area contributed by atoms with Gasteiger partial charge in [0.15, 0.2) is 16.8 Å². The second kappa shape index (κ2) is 9.90. The van der Waals surface area contributed by atoms with Crippen LogP contribution >= 0.6 is 35.0 Å². The molecule has 1 N–H and O–H groups in total. The maximum Gasteiger partial charge on any atom is 0.270 e. The number of halogens is 2. The van der Waals surface area contributed by atoms with Crippen molar-refractivity contribution in [2.75, 3.05) is 5.75 Å². The van der Waals surface area contributed by atoms with Gasteiger partial charge in [-0.15, -0.1) is 10.2 Å². The van der Waals surface area contributed by atoms with Crippen LogP contribution < -0.4 is 5.32 Å². The van der Waals surface area contributed by atoms with E-state index in [0.717, 1.165) is 11.8 Å². The van der Waals surface area contributed by atoms with E-state index in [4.69, 9.17) is 23.2 Å². The molecule has 1 heterocycles. The van der Waals surface area contributed by atoms with Crippen molar-refractivity contribution < 1.29 is 14.5 Å². The predicted molar refractivity (Wildman–Crippen MR) is 117 cm³/mol. The number of hydrogen-bond donors (Lipinski definition) is 1. The molecular formula is C19H15Cl2N5O4S. The fourth-order valence-electron chi connectivity index (χ4n) is 2.53. The number of ketones is 1. The van der Waals surface area contributed by atoms with Gasteiger partial charge in [-0.3, -0.25) is 19.7 Å². The van der Waals surface area contributed by atoms with Crippen molar-refractivity contribution >= 4 is 52.3 Å². The predicted octanol–water partition coefficient (Wildman–Crippen LogP) is 3.94. The molecule has 1 amide bonds. The normalized spacial score (nSPS) is 10.7. The van der Waals surface area contributed by atoms with Crippen LogP contribution in [0.5, 0.6) is 0 Å². The molecule has 9 nitrogen and oxygen atoms in total. The third-order valence-electron chi connectivity index (χ3n) is 4.23. The lowest BCUT2D eigenvalue weighted by atomic mass is 10.1. The van der Waals surface area contributed by atoms with Crippen LogP contribution in [0.15, 0.2) is 47.6 Å². The van der Waals surface area contributed by atoms with Crippen molar-refractivity contribution in [1.82, 2.24) is 20.1 Å². The largest absolute Gasteiger partial charge is 0.345 e. The number of carbonyl (C=O) groups is 2. The lowest BCUT2D eigenvalue weighted by molar-refractivity contribution is -0.384. The number of amides is 1. The molecule has 2 aromatic carbocycles. The molecule has 3 aromatic rings. The summed E-state index contributed by atoms with van der Waals surface area (Å²) in [5.41, 5.74) is 0.459. The summed E-state index contributed by atoms with van der Waals surface area (Å²) in [6, 6.07) is 10.1. The molecule has 0 aliphatic carbocycles. The maximum absolute atomic E-state index is 12.4. The van der Waals surface area contributed by atoms with E-state index in [1.165, 1.54) is 36.4 Å². The van der Waals surface area contributed by atoms with Crippen LogP contribution in [0.3, 0.4) is 0 Å². The highest BCUT2D eigenvalue weighted by molar-refractivity contribution is 7.99. The third kappa shape index (κ3) is 5.60. The minimum Gasteiger partial charge on any atom is -0.345 e. The SMILES string of the molecule is Cn1c(CNC(=O)c2ccc(Cl)c(Cl)c2)nnc1SCC(=O)c1cccc([N+](=O)[O-])c1. The molecule has 0 bridgehead atoms. The number of thioether (sulfide) groups is 1. The lowest BCUT2D eigenvalue weighted by Gasteiger charge is -2.07. The first-order chi connectivity index (χ1) is 14.8. The second-order valence-electron chi connectivity index (χ2n) is 6.29. The van der Waals surface area contributed by atoms with Crippen LogP contribution in [0.1, 0.15) is 26.5 Å². The minimum absolute atomic E-state index is 0.0305. The van der Waals surface area contributed by atoms with Crippen LogP contribution in [-0.4, -0.2) is 37.1 Å². The van der Waals surface area contributed by atoms with E-state index in [1.54, 1.807) is 17.7 Å². The van der Waals surface area contributed by atoms with E-state index >= 15 is 0 Å². The van der Waals surface area contributed by atoms with Gasteiger partial charge in [-0.05, 0) is 18.2 Å². The summed E-state index contributed by atoms with van der Waals surface area (Å²) in [6.45, 7) is 0.113. The Morgan fingerprint density at radius 3 is 2.61 bits per heavy atom. The van der Waals surface area contributed by atoms with Gasteiger partial charge in [-0.2, -0.15) is 0 Å². The summed E-state index contributed by atoms with van der Waals surface area (Å²) in [5.74, 6) is -0.107. The topological polar surface area (TPSA) is 120 Å². The number of rotatable bonds is 8. The van der Waals surface area contributed by atoms with E-state index in [9.17, 15) is 19.7 Å². The Balaban J connectivity index is 1.59. The number of hydrogen-bond acceptors (Lipinski definition) is 7. The van der Waals surface area contributed by atoms with Crippen molar-refractivity contribution in [2.24, 2.45) is 7.05 Å². The highest BCUT2D eigenvalue weighted by Gasteiger charge is 2.16. The molecule has 0 aliphatic heterocycles. The smallest absolute Gasteiger partial charge is 0.270 e. The van der Waals surface area contributed by atoms with Gasteiger partial charge in [0, 0.05) is 30.3 Å². The molecule has 1 aromatic heterocycles. The summed E-state index contributed by atoms with van der Waals surface area (Å²) >= 11 is 12.9. The third-order valence-corrected chi connectivity index (χ3v) is 5.98. The Hall–Kier alpha value is -2.95. The van der Waals surface area contributed by atoms with Crippen LogP contribution in [0, 0.1) is 10.1 Å². The number of nitro groups is 1. The van der Waals surface area contributed by atoms with Gasteiger partial charge in [-0.25, -0.2) is 0 Å². The molecule has 0 saturated carbocycles. The Morgan fingerprint density at radius 1 is 1.13 bits per heavy atom. The number of nitrogens with one attached hydrogen (secondary N) is 1. The summed E-state index contributed by atoms with van der Waals surface area (Å²) < 4.78 is 1.65. The zero-order valence-corrected chi connectivity index (χ0v) is 18.4. The minimum atomic E-state index is -0.550. The fourth-order valence-corrected chi connectivity index (χ4v) is 3.65.